The number of benzene rings is 1. The monoisotopic (exact) mass is 478 g/mol. The Hall–Kier alpha value is -3.79. The second-order valence-corrected chi connectivity index (χ2v) is 9.85. The largest absolute Gasteiger partial charge is 0.444 e. The van der Waals surface area contributed by atoms with Crippen molar-refractivity contribution in [1.29, 1.82) is 0 Å². The average Bonchev–Trinajstić information content (AvgIpc) is 3.47. The number of nitrogens with zero attached hydrogens (tertiary/aromatic N) is 3. The van der Waals surface area contributed by atoms with Crippen LogP contribution in [0.5, 0.6) is 0 Å². The van der Waals surface area contributed by atoms with Crippen LogP contribution in [0.25, 0.3) is 21.6 Å². The first-order valence-corrected chi connectivity index (χ1v) is 11.7. The summed E-state index contributed by atoms with van der Waals surface area (Å²) in [5, 5.41) is 13.4. The van der Waals surface area contributed by atoms with E-state index in [1.807, 2.05) is 36.4 Å². The van der Waals surface area contributed by atoms with E-state index in [1.54, 1.807) is 33.0 Å². The lowest BCUT2D eigenvalue weighted by Gasteiger charge is -2.22. The number of carbonyl (C=O) groups excluding carboxylic acids is 2. The highest BCUT2D eigenvalue weighted by atomic mass is 32.1. The topological polar surface area (TPSA) is 122 Å². The molecule has 3 N–H and O–H groups in total. The molecule has 9 nitrogen and oxygen atoms in total. The van der Waals surface area contributed by atoms with E-state index < -0.39 is 11.7 Å². The van der Waals surface area contributed by atoms with Crippen molar-refractivity contribution in [3.05, 3.63) is 65.4 Å². The van der Waals surface area contributed by atoms with Crippen molar-refractivity contribution in [2.45, 2.75) is 38.8 Å². The summed E-state index contributed by atoms with van der Waals surface area (Å²) in [4.78, 5) is 35.1. The van der Waals surface area contributed by atoms with Gasteiger partial charge in [0.05, 0.1) is 33.1 Å². The number of thiophene rings is 1. The van der Waals surface area contributed by atoms with Gasteiger partial charge < -0.3 is 15.4 Å². The van der Waals surface area contributed by atoms with E-state index in [1.165, 1.54) is 17.7 Å². The number of aromatic nitrogens is 4. The van der Waals surface area contributed by atoms with Crippen LogP contribution in [0.4, 0.5) is 4.79 Å². The Bertz CT molecular complexity index is 1280. The Morgan fingerprint density at radius 1 is 1.12 bits per heavy atom. The Morgan fingerprint density at radius 2 is 1.91 bits per heavy atom. The first-order valence-electron chi connectivity index (χ1n) is 10.8. The predicted octanol–water partition coefficient (Wildman–Crippen LogP) is 3.95. The minimum atomic E-state index is -0.600. The molecule has 0 aliphatic heterocycles. The summed E-state index contributed by atoms with van der Waals surface area (Å²) in [5.74, 6) is -0.222. The van der Waals surface area contributed by atoms with Crippen LogP contribution in [-0.4, -0.2) is 50.4 Å². The van der Waals surface area contributed by atoms with Crippen molar-refractivity contribution in [2.24, 2.45) is 0 Å². The first-order chi connectivity index (χ1) is 16.3. The van der Waals surface area contributed by atoms with Crippen molar-refractivity contribution in [3.8, 4) is 10.6 Å². The lowest BCUT2D eigenvalue weighted by Crippen LogP contribution is -2.45. The molecule has 0 aliphatic rings. The number of aromatic amines is 1. The Labute approximate surface area is 201 Å². The molecule has 0 radical (unpaired) electrons. The van der Waals surface area contributed by atoms with Crippen molar-refractivity contribution < 1.29 is 14.3 Å². The lowest BCUT2D eigenvalue weighted by molar-refractivity contribution is 0.0520. The summed E-state index contributed by atoms with van der Waals surface area (Å²) >= 11 is 1.34. The van der Waals surface area contributed by atoms with Gasteiger partial charge in [-0.05, 0) is 44.9 Å². The number of amides is 2. The summed E-state index contributed by atoms with van der Waals surface area (Å²) in [6, 6.07) is 13.1. The highest BCUT2D eigenvalue weighted by Crippen LogP contribution is 2.30. The minimum Gasteiger partial charge on any atom is -0.444 e. The molecule has 4 aromatic rings. The Morgan fingerprint density at radius 3 is 2.68 bits per heavy atom. The molecule has 176 valence electrons. The normalized spacial score (nSPS) is 12.3. The van der Waals surface area contributed by atoms with Gasteiger partial charge in [0.1, 0.15) is 11.9 Å². The van der Waals surface area contributed by atoms with Gasteiger partial charge in [-0.1, -0.05) is 30.3 Å². The van der Waals surface area contributed by atoms with E-state index in [0.29, 0.717) is 16.9 Å². The molecule has 0 saturated heterocycles. The van der Waals surface area contributed by atoms with Crippen LogP contribution >= 0.6 is 11.3 Å². The number of hydrogen-bond acceptors (Lipinski definition) is 7. The summed E-state index contributed by atoms with van der Waals surface area (Å²) < 4.78 is 5.33. The summed E-state index contributed by atoms with van der Waals surface area (Å²) in [6.07, 6.45) is 3.17. The van der Waals surface area contributed by atoms with Gasteiger partial charge >= 0.3 is 6.09 Å². The molecule has 34 heavy (non-hydrogen) atoms. The molecule has 3 heterocycles. The summed E-state index contributed by atoms with van der Waals surface area (Å²) in [5.41, 5.74) is 1.81. The van der Waals surface area contributed by atoms with Crippen LogP contribution in [0, 0.1) is 0 Å². The van der Waals surface area contributed by atoms with Gasteiger partial charge in [-0.25, -0.2) is 14.8 Å². The molecule has 0 spiro atoms. The number of alkyl carbamates (subject to hydrolysis) is 1. The van der Waals surface area contributed by atoms with Gasteiger partial charge in [0, 0.05) is 6.54 Å². The van der Waals surface area contributed by atoms with Gasteiger partial charge in [0.15, 0.2) is 5.65 Å². The van der Waals surface area contributed by atoms with Gasteiger partial charge in [0.2, 0.25) is 0 Å². The number of nitrogens with one attached hydrogen (secondary N) is 3. The Kier molecular flexibility index (Phi) is 6.87. The number of ether oxygens (including phenoxy) is 1. The van der Waals surface area contributed by atoms with Crippen LogP contribution < -0.4 is 10.6 Å². The number of hydrogen-bond donors (Lipinski definition) is 3. The van der Waals surface area contributed by atoms with Crippen LogP contribution in [-0.2, 0) is 11.2 Å². The van der Waals surface area contributed by atoms with Crippen molar-refractivity contribution in [3.63, 3.8) is 0 Å². The Balaban J connectivity index is 1.47. The zero-order valence-corrected chi connectivity index (χ0v) is 20.0. The molecule has 3 aromatic heterocycles. The average molecular weight is 479 g/mol. The molecule has 4 rings (SSSR count). The number of carbonyl (C=O) groups is 2. The fourth-order valence-electron chi connectivity index (χ4n) is 3.40. The maximum Gasteiger partial charge on any atom is 0.407 e. The molecule has 1 atom stereocenters. The van der Waals surface area contributed by atoms with Crippen LogP contribution in [0.2, 0.25) is 0 Å². The van der Waals surface area contributed by atoms with Gasteiger partial charge in [-0.2, -0.15) is 5.10 Å². The van der Waals surface area contributed by atoms with Crippen LogP contribution in [0.1, 0.15) is 36.0 Å². The number of fused-ring (bicyclic) bond motifs is 1. The summed E-state index contributed by atoms with van der Waals surface area (Å²) in [7, 11) is 0. The molecule has 0 fully saturated rings. The standard InChI is InChI=1S/C24H26N6O3S/c1-24(2,3)33-23(32)25-12-16(11-15-7-5-4-6-8-15)29-22(31)19-10-9-18(34-19)20-17-13-28-30-21(17)27-14-26-20/h4-10,13-14,16H,11-12H2,1-3H3,(H,25,32)(H,29,31)(H,26,27,28,30). The molecule has 1 aromatic carbocycles. The van der Waals surface area contributed by atoms with Gasteiger partial charge in [-0.15, -0.1) is 11.3 Å². The van der Waals surface area contributed by atoms with E-state index in [2.05, 4.69) is 30.8 Å². The highest BCUT2D eigenvalue weighted by molar-refractivity contribution is 7.17. The zero-order valence-electron chi connectivity index (χ0n) is 19.2. The third kappa shape index (κ3) is 5.96. The lowest BCUT2D eigenvalue weighted by atomic mass is 10.1. The van der Waals surface area contributed by atoms with Crippen molar-refractivity contribution in [1.82, 2.24) is 30.8 Å². The van der Waals surface area contributed by atoms with E-state index in [4.69, 9.17) is 4.74 Å². The van der Waals surface area contributed by atoms with Gasteiger partial charge in [0.25, 0.3) is 5.91 Å². The maximum absolute atomic E-state index is 13.1. The van der Waals surface area contributed by atoms with E-state index in [-0.39, 0.29) is 18.5 Å². The fraction of sp³-hybridized carbons (Fsp3) is 0.292. The molecule has 0 saturated carbocycles. The zero-order chi connectivity index (χ0) is 24.1. The van der Waals surface area contributed by atoms with E-state index >= 15 is 0 Å². The predicted molar refractivity (Wildman–Crippen MR) is 131 cm³/mol. The van der Waals surface area contributed by atoms with E-state index in [0.717, 1.165) is 21.5 Å². The molecular formula is C24H26N6O3S. The molecule has 10 heteroatoms. The molecule has 1 unspecified atom stereocenters. The maximum atomic E-state index is 13.1. The number of rotatable bonds is 7. The fourth-order valence-corrected chi connectivity index (χ4v) is 4.32. The van der Waals surface area contributed by atoms with E-state index in [9.17, 15) is 9.59 Å². The second kappa shape index (κ2) is 10.0. The first kappa shape index (κ1) is 23.4. The smallest absolute Gasteiger partial charge is 0.407 e. The van der Waals surface area contributed by atoms with Crippen molar-refractivity contribution in [2.75, 3.05) is 6.54 Å². The molecular weight excluding hydrogens is 452 g/mol. The second-order valence-electron chi connectivity index (χ2n) is 8.76. The van der Waals surface area contributed by atoms with Crippen molar-refractivity contribution >= 4 is 34.4 Å². The highest BCUT2D eigenvalue weighted by Gasteiger charge is 2.21. The molecule has 0 bridgehead atoms. The third-order valence-electron chi connectivity index (χ3n) is 4.86. The van der Waals surface area contributed by atoms with Crippen LogP contribution in [0.3, 0.4) is 0 Å². The van der Waals surface area contributed by atoms with Gasteiger partial charge in [-0.3, -0.25) is 9.89 Å². The third-order valence-corrected chi connectivity index (χ3v) is 5.95. The summed E-state index contributed by atoms with van der Waals surface area (Å²) in [6.45, 7) is 5.65. The minimum absolute atomic E-state index is 0.222. The SMILES string of the molecule is CC(C)(C)OC(=O)NCC(Cc1ccccc1)NC(=O)c1ccc(-c2ncnc3[nH]ncc23)s1. The quantitative estimate of drug-likeness (QED) is 0.370. The molecule has 2 amide bonds. The number of H-pyrrole nitrogens is 1. The molecule has 0 aliphatic carbocycles. The van der Waals surface area contributed by atoms with Crippen LogP contribution in [0.15, 0.2) is 55.0 Å².